The van der Waals surface area contributed by atoms with Crippen LogP contribution in [0.3, 0.4) is 0 Å². The first-order valence-corrected chi connectivity index (χ1v) is 8.22. The predicted octanol–water partition coefficient (Wildman–Crippen LogP) is 3.30. The van der Waals surface area contributed by atoms with Crippen LogP contribution in [0.25, 0.3) is 0 Å². The number of methoxy groups -OCH3 is 3. The van der Waals surface area contributed by atoms with E-state index in [9.17, 15) is 4.79 Å². The smallest absolute Gasteiger partial charge is 0.227 e. The number of hydrogen-bond acceptors (Lipinski definition) is 4. The molecular formula is C20H25NO4. The number of carbonyl (C=O) groups is 1. The largest absolute Gasteiger partial charge is 0.497 e. The van der Waals surface area contributed by atoms with E-state index in [0.717, 1.165) is 16.9 Å². The molecule has 0 aliphatic heterocycles. The van der Waals surface area contributed by atoms with Crippen molar-refractivity contribution in [2.75, 3.05) is 27.9 Å². The van der Waals surface area contributed by atoms with Crippen LogP contribution < -0.4 is 14.2 Å². The quantitative estimate of drug-likeness (QED) is 0.738. The predicted molar refractivity (Wildman–Crippen MR) is 97.3 cm³/mol. The second-order valence-electron chi connectivity index (χ2n) is 5.62. The van der Waals surface area contributed by atoms with Crippen molar-refractivity contribution in [2.24, 2.45) is 0 Å². The lowest BCUT2D eigenvalue weighted by Crippen LogP contribution is -2.31. The normalized spacial score (nSPS) is 10.2. The fourth-order valence-corrected chi connectivity index (χ4v) is 2.60. The van der Waals surface area contributed by atoms with Gasteiger partial charge in [0.2, 0.25) is 5.91 Å². The molecule has 25 heavy (non-hydrogen) atoms. The molecule has 0 fully saturated rings. The highest BCUT2D eigenvalue weighted by Gasteiger charge is 2.14. The van der Waals surface area contributed by atoms with Crippen molar-refractivity contribution in [2.45, 2.75) is 19.9 Å². The van der Waals surface area contributed by atoms with Crippen LogP contribution in [0.2, 0.25) is 0 Å². The van der Waals surface area contributed by atoms with Crippen molar-refractivity contribution in [3.63, 3.8) is 0 Å². The Kier molecular flexibility index (Phi) is 6.69. The third-order valence-corrected chi connectivity index (χ3v) is 4.07. The van der Waals surface area contributed by atoms with Gasteiger partial charge >= 0.3 is 0 Å². The van der Waals surface area contributed by atoms with Crippen molar-refractivity contribution in [3.05, 3.63) is 53.6 Å². The molecule has 5 heteroatoms. The maximum atomic E-state index is 12.7. The Hall–Kier alpha value is -2.69. The summed E-state index contributed by atoms with van der Waals surface area (Å²) in [6.07, 6.45) is 0.324. The summed E-state index contributed by atoms with van der Waals surface area (Å²) in [6.45, 7) is 3.21. The third-order valence-electron chi connectivity index (χ3n) is 4.07. The summed E-state index contributed by atoms with van der Waals surface area (Å²) in [6, 6.07) is 13.3. The first-order chi connectivity index (χ1) is 12.1. The van der Waals surface area contributed by atoms with Crippen LogP contribution in [0, 0.1) is 0 Å². The van der Waals surface area contributed by atoms with Crippen molar-refractivity contribution in [1.29, 1.82) is 0 Å². The maximum Gasteiger partial charge on any atom is 0.227 e. The molecular weight excluding hydrogens is 318 g/mol. The SMILES string of the molecule is CCN(Cc1ccc(OC)cc1)C(=O)Cc1ccc(OC)c(OC)c1. The lowest BCUT2D eigenvalue weighted by molar-refractivity contribution is -0.130. The van der Waals surface area contributed by atoms with Crippen molar-refractivity contribution in [1.82, 2.24) is 4.90 Å². The minimum absolute atomic E-state index is 0.0746. The zero-order valence-electron chi connectivity index (χ0n) is 15.2. The van der Waals surface area contributed by atoms with Gasteiger partial charge in [0, 0.05) is 13.1 Å². The van der Waals surface area contributed by atoms with E-state index in [1.54, 1.807) is 21.3 Å². The monoisotopic (exact) mass is 343 g/mol. The average molecular weight is 343 g/mol. The molecule has 0 spiro atoms. The zero-order chi connectivity index (χ0) is 18.2. The highest BCUT2D eigenvalue weighted by Crippen LogP contribution is 2.28. The average Bonchev–Trinajstić information content (AvgIpc) is 2.66. The van der Waals surface area contributed by atoms with Gasteiger partial charge in [-0.05, 0) is 42.3 Å². The van der Waals surface area contributed by atoms with Gasteiger partial charge in [-0.3, -0.25) is 4.79 Å². The number of nitrogens with zero attached hydrogens (tertiary/aromatic N) is 1. The molecule has 2 aromatic carbocycles. The minimum atomic E-state index is 0.0746. The molecule has 0 aliphatic carbocycles. The number of carbonyl (C=O) groups excluding carboxylic acids is 1. The zero-order valence-corrected chi connectivity index (χ0v) is 15.2. The molecule has 2 rings (SSSR count). The van der Waals surface area contributed by atoms with Crippen molar-refractivity contribution < 1.29 is 19.0 Å². The van der Waals surface area contributed by atoms with Gasteiger partial charge < -0.3 is 19.1 Å². The number of ether oxygens (including phenoxy) is 3. The molecule has 1 amide bonds. The molecule has 0 unspecified atom stereocenters. The summed E-state index contributed by atoms with van der Waals surface area (Å²) >= 11 is 0. The van der Waals surface area contributed by atoms with Crippen molar-refractivity contribution >= 4 is 5.91 Å². The summed E-state index contributed by atoms with van der Waals surface area (Å²) < 4.78 is 15.7. The molecule has 0 atom stereocenters. The Morgan fingerprint density at radius 1 is 0.880 bits per heavy atom. The molecule has 2 aromatic rings. The number of likely N-dealkylation sites (N-methyl/N-ethyl adjacent to an activating group) is 1. The lowest BCUT2D eigenvalue weighted by Gasteiger charge is -2.21. The summed E-state index contributed by atoms with van der Waals surface area (Å²) in [7, 11) is 4.82. The van der Waals surface area contributed by atoms with Crippen LogP contribution in [0.1, 0.15) is 18.1 Å². The molecule has 5 nitrogen and oxygen atoms in total. The highest BCUT2D eigenvalue weighted by atomic mass is 16.5. The van der Waals surface area contributed by atoms with E-state index in [2.05, 4.69) is 0 Å². The molecule has 0 saturated heterocycles. The van der Waals surface area contributed by atoms with E-state index >= 15 is 0 Å². The molecule has 0 aliphatic rings. The Bertz CT molecular complexity index is 697. The molecule has 0 aromatic heterocycles. The Labute approximate surface area is 149 Å². The van der Waals surface area contributed by atoms with Gasteiger partial charge in [0.25, 0.3) is 0 Å². The molecule has 134 valence electrons. The van der Waals surface area contributed by atoms with E-state index in [1.165, 1.54) is 0 Å². The summed E-state index contributed by atoms with van der Waals surface area (Å²) in [4.78, 5) is 14.5. The Balaban J connectivity index is 2.06. The topological polar surface area (TPSA) is 48.0 Å². The van der Waals surface area contributed by atoms with Crippen LogP contribution in [-0.2, 0) is 17.8 Å². The van der Waals surface area contributed by atoms with E-state index in [-0.39, 0.29) is 5.91 Å². The van der Waals surface area contributed by atoms with Crippen LogP contribution in [0.15, 0.2) is 42.5 Å². The van der Waals surface area contributed by atoms with Crippen LogP contribution in [-0.4, -0.2) is 38.7 Å². The van der Waals surface area contributed by atoms with Crippen molar-refractivity contribution in [3.8, 4) is 17.2 Å². The van der Waals surface area contributed by atoms with E-state index in [4.69, 9.17) is 14.2 Å². The van der Waals surface area contributed by atoms with Crippen LogP contribution >= 0.6 is 0 Å². The van der Waals surface area contributed by atoms with Crippen LogP contribution in [0.5, 0.6) is 17.2 Å². The van der Waals surface area contributed by atoms with E-state index < -0.39 is 0 Å². The maximum absolute atomic E-state index is 12.7. The standard InChI is InChI=1S/C20H25NO4/c1-5-21(14-15-6-9-17(23-2)10-7-15)20(22)13-16-8-11-18(24-3)19(12-16)25-4/h6-12H,5,13-14H2,1-4H3. The van der Waals surface area contributed by atoms with Gasteiger partial charge in [-0.1, -0.05) is 18.2 Å². The number of amides is 1. The number of rotatable bonds is 8. The third kappa shape index (κ3) is 4.89. The molecule has 0 radical (unpaired) electrons. The van der Waals surface area contributed by atoms with Gasteiger partial charge in [0.05, 0.1) is 27.8 Å². The summed E-state index contributed by atoms with van der Waals surface area (Å²) in [5.41, 5.74) is 1.97. The van der Waals surface area contributed by atoms with E-state index in [1.807, 2.05) is 54.3 Å². The molecule has 0 N–H and O–H groups in total. The summed E-state index contributed by atoms with van der Waals surface area (Å²) in [5, 5.41) is 0. The fourth-order valence-electron chi connectivity index (χ4n) is 2.60. The minimum Gasteiger partial charge on any atom is -0.497 e. The molecule has 0 bridgehead atoms. The molecule has 0 heterocycles. The Morgan fingerprint density at radius 2 is 1.52 bits per heavy atom. The summed E-state index contributed by atoms with van der Waals surface area (Å²) in [5.74, 6) is 2.17. The van der Waals surface area contributed by atoms with Crippen LogP contribution in [0.4, 0.5) is 0 Å². The number of benzene rings is 2. The van der Waals surface area contributed by atoms with Gasteiger partial charge in [0.15, 0.2) is 11.5 Å². The second kappa shape index (κ2) is 8.97. The first-order valence-electron chi connectivity index (χ1n) is 8.22. The van der Waals surface area contributed by atoms with Gasteiger partial charge in [-0.15, -0.1) is 0 Å². The van der Waals surface area contributed by atoms with Gasteiger partial charge in [-0.25, -0.2) is 0 Å². The number of hydrogen-bond donors (Lipinski definition) is 0. The van der Waals surface area contributed by atoms with Gasteiger partial charge in [-0.2, -0.15) is 0 Å². The first kappa shape index (κ1) is 18.6. The second-order valence-corrected chi connectivity index (χ2v) is 5.62. The lowest BCUT2D eigenvalue weighted by atomic mass is 10.1. The van der Waals surface area contributed by atoms with Gasteiger partial charge in [0.1, 0.15) is 5.75 Å². The Morgan fingerprint density at radius 3 is 2.08 bits per heavy atom. The molecule has 0 saturated carbocycles. The van der Waals surface area contributed by atoms with E-state index in [0.29, 0.717) is 31.0 Å². The fraction of sp³-hybridized carbons (Fsp3) is 0.350. The highest BCUT2D eigenvalue weighted by molar-refractivity contribution is 5.79.